The van der Waals surface area contributed by atoms with E-state index in [2.05, 4.69) is 64.1 Å². The number of hydrogen-bond acceptors (Lipinski definition) is 4. The number of fused-ring (bicyclic) bond motifs is 2. The summed E-state index contributed by atoms with van der Waals surface area (Å²) < 4.78 is 7.71. The number of nitrogens with zero attached hydrogens (tertiary/aromatic N) is 2. The summed E-state index contributed by atoms with van der Waals surface area (Å²) in [6.45, 7) is 7.14. The summed E-state index contributed by atoms with van der Waals surface area (Å²) in [6, 6.07) is 18.6. The second-order valence-electron chi connectivity index (χ2n) is 9.97. The number of hydrogen-bond donors (Lipinski definition) is 2. The summed E-state index contributed by atoms with van der Waals surface area (Å²) in [5.41, 5.74) is 6.08. The molecule has 1 aliphatic heterocycles. The van der Waals surface area contributed by atoms with Gasteiger partial charge in [-0.1, -0.05) is 36.4 Å². The predicted octanol–water partition coefficient (Wildman–Crippen LogP) is 5.07. The third kappa shape index (κ3) is 4.28. The molecule has 0 radical (unpaired) electrons. The van der Waals surface area contributed by atoms with E-state index in [9.17, 15) is 9.59 Å². The Morgan fingerprint density at radius 1 is 1.16 bits per heavy atom. The number of aromatic amines is 1. The van der Waals surface area contributed by atoms with Crippen molar-refractivity contribution in [2.45, 2.75) is 45.7 Å². The highest BCUT2D eigenvalue weighted by atomic mass is 16.5. The molecule has 4 aromatic rings. The standard InChI is InChI=1S/C30H34N4O3/c1-18-16-27(37-5)24(29(35)32-18)17-31-30(36)28-20(3)34(26-13-9-7-11-23(26)28)19(2)21-14-15-33(4)25-12-8-6-10-22(21)25/h6-13,16,19,21H,14-15,17H2,1-5H3,(H,31,36)(H,32,35). The molecule has 0 saturated carbocycles. The highest BCUT2D eigenvalue weighted by Crippen LogP contribution is 2.43. The number of anilines is 1. The van der Waals surface area contributed by atoms with Crippen LogP contribution in [-0.4, -0.2) is 36.2 Å². The highest BCUT2D eigenvalue weighted by Gasteiger charge is 2.31. The van der Waals surface area contributed by atoms with E-state index in [1.165, 1.54) is 18.4 Å². The summed E-state index contributed by atoms with van der Waals surface area (Å²) in [5.74, 6) is 0.592. The van der Waals surface area contributed by atoms with Crippen molar-refractivity contribution in [1.29, 1.82) is 0 Å². The van der Waals surface area contributed by atoms with E-state index in [4.69, 9.17) is 4.74 Å². The van der Waals surface area contributed by atoms with E-state index in [0.29, 0.717) is 28.5 Å². The number of nitrogens with one attached hydrogen (secondary N) is 2. The third-order valence-corrected chi connectivity index (χ3v) is 7.77. The van der Waals surface area contributed by atoms with Crippen LogP contribution in [0.3, 0.4) is 0 Å². The third-order valence-electron chi connectivity index (χ3n) is 7.77. The Balaban J connectivity index is 1.52. The molecule has 1 amide bonds. The summed E-state index contributed by atoms with van der Waals surface area (Å²) in [6.07, 6.45) is 1.04. The molecule has 2 aromatic carbocycles. The van der Waals surface area contributed by atoms with Crippen LogP contribution in [0, 0.1) is 13.8 Å². The molecule has 2 aromatic heterocycles. The number of para-hydroxylation sites is 2. The molecule has 0 aliphatic carbocycles. The number of amides is 1. The Morgan fingerprint density at radius 2 is 1.89 bits per heavy atom. The number of ether oxygens (including phenoxy) is 1. The second kappa shape index (κ2) is 9.81. The Bertz CT molecular complexity index is 1530. The molecule has 2 unspecified atom stereocenters. The van der Waals surface area contributed by atoms with Gasteiger partial charge >= 0.3 is 0 Å². The number of methoxy groups -OCH3 is 1. The van der Waals surface area contributed by atoms with E-state index in [-0.39, 0.29) is 24.1 Å². The Kier molecular flexibility index (Phi) is 6.54. The van der Waals surface area contributed by atoms with E-state index in [1.807, 2.05) is 25.1 Å². The van der Waals surface area contributed by atoms with Crippen LogP contribution in [0.25, 0.3) is 10.9 Å². The smallest absolute Gasteiger partial charge is 0.256 e. The van der Waals surface area contributed by atoms with Gasteiger partial charge in [0.15, 0.2) is 0 Å². The molecular formula is C30H34N4O3. The van der Waals surface area contributed by atoms with Crippen LogP contribution in [-0.2, 0) is 6.54 Å². The molecule has 3 heterocycles. The Morgan fingerprint density at radius 3 is 2.68 bits per heavy atom. The van der Waals surface area contributed by atoms with Gasteiger partial charge in [-0.25, -0.2) is 0 Å². The summed E-state index contributed by atoms with van der Waals surface area (Å²) in [7, 11) is 3.67. The van der Waals surface area contributed by atoms with Crippen LogP contribution in [0.2, 0.25) is 0 Å². The van der Waals surface area contributed by atoms with Crippen LogP contribution < -0.4 is 20.5 Å². The molecule has 7 nitrogen and oxygen atoms in total. The highest BCUT2D eigenvalue weighted by molar-refractivity contribution is 6.08. The van der Waals surface area contributed by atoms with Crippen LogP contribution in [0.15, 0.2) is 59.4 Å². The lowest BCUT2D eigenvalue weighted by atomic mass is 9.84. The maximum absolute atomic E-state index is 13.6. The number of carbonyl (C=O) groups excluding carboxylic acids is 1. The first-order valence-electron chi connectivity index (χ1n) is 12.8. The van der Waals surface area contributed by atoms with Crippen molar-refractivity contribution < 1.29 is 9.53 Å². The van der Waals surface area contributed by atoms with Gasteiger partial charge < -0.3 is 24.5 Å². The summed E-state index contributed by atoms with van der Waals surface area (Å²) in [4.78, 5) is 31.3. The summed E-state index contributed by atoms with van der Waals surface area (Å²) in [5, 5.41) is 3.89. The molecule has 0 spiro atoms. The van der Waals surface area contributed by atoms with Crippen LogP contribution in [0.4, 0.5) is 5.69 Å². The van der Waals surface area contributed by atoms with E-state index in [0.717, 1.165) is 29.6 Å². The number of aryl methyl sites for hydroxylation is 1. The number of pyridine rings is 1. The molecular weight excluding hydrogens is 464 g/mol. The zero-order valence-corrected chi connectivity index (χ0v) is 22.1. The lowest BCUT2D eigenvalue weighted by molar-refractivity contribution is 0.0951. The zero-order valence-electron chi connectivity index (χ0n) is 22.1. The number of aromatic nitrogens is 2. The van der Waals surface area contributed by atoms with Gasteiger partial charge in [0, 0.05) is 53.5 Å². The van der Waals surface area contributed by atoms with Gasteiger partial charge in [-0.05, 0) is 51.0 Å². The fourth-order valence-electron chi connectivity index (χ4n) is 5.93. The minimum atomic E-state index is -0.258. The first kappa shape index (κ1) is 24.7. The van der Waals surface area contributed by atoms with E-state index < -0.39 is 0 Å². The monoisotopic (exact) mass is 498 g/mol. The number of carbonyl (C=O) groups is 1. The maximum atomic E-state index is 13.6. The van der Waals surface area contributed by atoms with Crippen molar-refractivity contribution in [1.82, 2.24) is 14.9 Å². The molecule has 0 saturated heterocycles. The SMILES string of the molecule is COc1cc(C)[nH]c(=O)c1CNC(=O)c1c(C)n(C(C)C2CCN(C)c3ccccc32)c2ccccc12. The van der Waals surface area contributed by atoms with Crippen molar-refractivity contribution in [3.05, 3.63) is 93.0 Å². The fourth-order valence-corrected chi connectivity index (χ4v) is 5.93. The van der Waals surface area contributed by atoms with Crippen LogP contribution in [0.1, 0.15) is 58.2 Å². The predicted molar refractivity (Wildman–Crippen MR) is 148 cm³/mol. The largest absolute Gasteiger partial charge is 0.496 e. The van der Waals surface area contributed by atoms with Gasteiger partial charge in [-0.2, -0.15) is 0 Å². The van der Waals surface area contributed by atoms with Crippen LogP contribution in [0.5, 0.6) is 5.75 Å². The molecule has 5 rings (SSSR count). The number of rotatable bonds is 6. The Labute approximate surface area is 217 Å². The quantitative estimate of drug-likeness (QED) is 0.389. The molecule has 2 N–H and O–H groups in total. The van der Waals surface area contributed by atoms with Crippen molar-refractivity contribution in [2.75, 3.05) is 25.6 Å². The molecule has 1 aliphatic rings. The minimum Gasteiger partial charge on any atom is -0.496 e. The van der Waals surface area contributed by atoms with Gasteiger partial charge in [0.1, 0.15) is 5.75 Å². The molecule has 0 fully saturated rings. The maximum Gasteiger partial charge on any atom is 0.256 e. The fraction of sp³-hybridized carbons (Fsp3) is 0.333. The molecule has 192 valence electrons. The minimum absolute atomic E-state index is 0.0778. The Hall–Kier alpha value is -4.00. The molecule has 37 heavy (non-hydrogen) atoms. The van der Waals surface area contributed by atoms with Gasteiger partial charge in [0.05, 0.1) is 24.8 Å². The lowest BCUT2D eigenvalue weighted by Crippen LogP contribution is -2.31. The van der Waals surface area contributed by atoms with Crippen molar-refractivity contribution in [3.8, 4) is 5.75 Å². The molecule has 2 atom stereocenters. The topological polar surface area (TPSA) is 79.4 Å². The number of benzene rings is 2. The normalized spacial score (nSPS) is 15.9. The first-order valence-corrected chi connectivity index (χ1v) is 12.8. The van der Waals surface area contributed by atoms with E-state index in [1.54, 1.807) is 13.0 Å². The molecule has 7 heteroatoms. The van der Waals surface area contributed by atoms with Crippen molar-refractivity contribution >= 4 is 22.5 Å². The first-order chi connectivity index (χ1) is 17.8. The van der Waals surface area contributed by atoms with E-state index >= 15 is 0 Å². The van der Waals surface area contributed by atoms with Crippen molar-refractivity contribution in [2.24, 2.45) is 0 Å². The second-order valence-corrected chi connectivity index (χ2v) is 9.97. The molecule has 0 bridgehead atoms. The van der Waals surface area contributed by atoms with Crippen molar-refractivity contribution in [3.63, 3.8) is 0 Å². The average Bonchev–Trinajstić information content (AvgIpc) is 3.19. The summed E-state index contributed by atoms with van der Waals surface area (Å²) >= 11 is 0. The number of H-pyrrole nitrogens is 1. The van der Waals surface area contributed by atoms with Gasteiger partial charge in [0.2, 0.25) is 0 Å². The van der Waals surface area contributed by atoms with Gasteiger partial charge in [0.25, 0.3) is 11.5 Å². The zero-order chi connectivity index (χ0) is 26.3. The average molecular weight is 499 g/mol. The van der Waals surface area contributed by atoms with Gasteiger partial charge in [-0.15, -0.1) is 0 Å². The van der Waals surface area contributed by atoms with Gasteiger partial charge in [-0.3, -0.25) is 9.59 Å². The van der Waals surface area contributed by atoms with Crippen LogP contribution >= 0.6 is 0 Å². The lowest BCUT2D eigenvalue weighted by Gasteiger charge is -2.37.